The Morgan fingerprint density at radius 2 is 2.04 bits per heavy atom. The third kappa shape index (κ3) is 4.20. The lowest BCUT2D eigenvalue weighted by atomic mass is 10.1. The van der Waals surface area contributed by atoms with E-state index in [2.05, 4.69) is 21.2 Å². The molecule has 2 aromatic rings. The zero-order chi connectivity index (χ0) is 17.8. The van der Waals surface area contributed by atoms with Gasteiger partial charge >= 0.3 is 0 Å². The molecule has 1 aliphatic heterocycles. The lowest BCUT2D eigenvalue weighted by Gasteiger charge is -2.17. The molecule has 0 aliphatic carbocycles. The van der Waals surface area contributed by atoms with Gasteiger partial charge in [0.15, 0.2) is 0 Å². The molecule has 0 unspecified atom stereocenters. The second-order valence-electron chi connectivity index (χ2n) is 5.83. The van der Waals surface area contributed by atoms with Crippen LogP contribution >= 0.6 is 15.9 Å². The van der Waals surface area contributed by atoms with E-state index in [0.717, 1.165) is 15.9 Å². The fraction of sp³-hybridized carbons (Fsp3) is 0.263. The van der Waals surface area contributed by atoms with Crippen molar-refractivity contribution in [1.29, 1.82) is 0 Å². The number of ether oxygens (including phenoxy) is 1. The van der Waals surface area contributed by atoms with Crippen molar-refractivity contribution in [2.24, 2.45) is 5.92 Å². The average Bonchev–Trinajstić information content (AvgIpc) is 2.98. The predicted molar refractivity (Wildman–Crippen MR) is 101 cm³/mol. The van der Waals surface area contributed by atoms with Crippen LogP contribution in [0.3, 0.4) is 0 Å². The second kappa shape index (κ2) is 7.70. The molecule has 1 atom stereocenters. The molecule has 1 saturated heterocycles. The number of halogens is 1. The van der Waals surface area contributed by atoms with Crippen LogP contribution in [-0.4, -0.2) is 25.0 Å². The first-order valence-corrected chi connectivity index (χ1v) is 8.96. The Balaban J connectivity index is 1.66. The quantitative estimate of drug-likeness (QED) is 0.826. The van der Waals surface area contributed by atoms with Gasteiger partial charge in [-0.2, -0.15) is 0 Å². The van der Waals surface area contributed by atoms with Gasteiger partial charge in [-0.05, 0) is 49.4 Å². The molecule has 1 heterocycles. The number of nitrogens with one attached hydrogen (secondary N) is 1. The van der Waals surface area contributed by atoms with Crippen LogP contribution in [0.5, 0.6) is 5.75 Å². The first-order chi connectivity index (χ1) is 12.1. The molecule has 2 amide bonds. The number of rotatable bonds is 5. The Kier molecular flexibility index (Phi) is 5.38. The van der Waals surface area contributed by atoms with Crippen molar-refractivity contribution in [1.82, 2.24) is 0 Å². The molecule has 0 aromatic heterocycles. The van der Waals surface area contributed by atoms with Crippen LogP contribution in [0.4, 0.5) is 11.4 Å². The average molecular weight is 403 g/mol. The Hall–Kier alpha value is -2.34. The summed E-state index contributed by atoms with van der Waals surface area (Å²) in [6.45, 7) is 2.90. The van der Waals surface area contributed by atoms with Crippen LogP contribution in [0, 0.1) is 5.92 Å². The molecule has 1 fully saturated rings. The fourth-order valence-electron chi connectivity index (χ4n) is 2.83. The van der Waals surface area contributed by atoms with Crippen LogP contribution < -0.4 is 15.0 Å². The zero-order valence-electron chi connectivity index (χ0n) is 13.9. The Bertz CT molecular complexity index is 776. The summed E-state index contributed by atoms with van der Waals surface area (Å²) < 4.78 is 6.31. The zero-order valence-corrected chi connectivity index (χ0v) is 15.5. The van der Waals surface area contributed by atoms with Crippen molar-refractivity contribution in [3.63, 3.8) is 0 Å². The minimum atomic E-state index is -0.363. The Morgan fingerprint density at radius 1 is 1.28 bits per heavy atom. The number of nitrogens with zero attached hydrogens (tertiary/aromatic N) is 1. The maximum atomic E-state index is 12.5. The highest BCUT2D eigenvalue weighted by molar-refractivity contribution is 9.10. The first kappa shape index (κ1) is 17.5. The topological polar surface area (TPSA) is 58.6 Å². The molecule has 130 valence electrons. The molecule has 5 nitrogen and oxygen atoms in total. The van der Waals surface area contributed by atoms with Crippen LogP contribution in [0.25, 0.3) is 0 Å². The van der Waals surface area contributed by atoms with E-state index >= 15 is 0 Å². The van der Waals surface area contributed by atoms with Crippen molar-refractivity contribution in [3.05, 3.63) is 53.0 Å². The van der Waals surface area contributed by atoms with Crippen LogP contribution in [0.15, 0.2) is 53.0 Å². The van der Waals surface area contributed by atoms with Crippen molar-refractivity contribution in [3.8, 4) is 5.75 Å². The highest BCUT2D eigenvalue weighted by Gasteiger charge is 2.35. The van der Waals surface area contributed by atoms with Gasteiger partial charge in [0.2, 0.25) is 11.8 Å². The number of anilines is 2. The molecule has 25 heavy (non-hydrogen) atoms. The number of carbonyl (C=O) groups is 2. The van der Waals surface area contributed by atoms with Gasteiger partial charge in [-0.3, -0.25) is 9.59 Å². The molecule has 1 aliphatic rings. The van der Waals surface area contributed by atoms with Gasteiger partial charge in [0.25, 0.3) is 0 Å². The summed E-state index contributed by atoms with van der Waals surface area (Å²) in [5, 5.41) is 2.88. The third-order valence-electron chi connectivity index (χ3n) is 4.05. The normalized spacial score (nSPS) is 16.8. The van der Waals surface area contributed by atoms with E-state index in [4.69, 9.17) is 4.74 Å². The molecule has 0 bridgehead atoms. The van der Waals surface area contributed by atoms with Crippen molar-refractivity contribution in [2.45, 2.75) is 13.3 Å². The van der Waals surface area contributed by atoms with Crippen LogP contribution in [0.2, 0.25) is 0 Å². The third-order valence-corrected chi connectivity index (χ3v) is 4.54. The maximum Gasteiger partial charge on any atom is 0.229 e. The van der Waals surface area contributed by atoms with E-state index in [1.807, 2.05) is 55.5 Å². The molecule has 6 heteroatoms. The summed E-state index contributed by atoms with van der Waals surface area (Å²) in [6, 6.07) is 14.8. The largest absolute Gasteiger partial charge is 0.494 e. The number of hydrogen-bond acceptors (Lipinski definition) is 3. The first-order valence-electron chi connectivity index (χ1n) is 8.16. The van der Waals surface area contributed by atoms with E-state index in [-0.39, 0.29) is 24.2 Å². The van der Waals surface area contributed by atoms with E-state index in [9.17, 15) is 9.59 Å². The lowest BCUT2D eigenvalue weighted by molar-refractivity contribution is -0.122. The van der Waals surface area contributed by atoms with Crippen LogP contribution in [-0.2, 0) is 9.59 Å². The van der Waals surface area contributed by atoms with E-state index < -0.39 is 0 Å². The van der Waals surface area contributed by atoms with Gasteiger partial charge in [0.1, 0.15) is 5.75 Å². The second-order valence-corrected chi connectivity index (χ2v) is 6.75. The summed E-state index contributed by atoms with van der Waals surface area (Å²) in [5.74, 6) is 0.221. The fourth-order valence-corrected chi connectivity index (χ4v) is 3.23. The minimum absolute atomic E-state index is 0.0430. The summed E-state index contributed by atoms with van der Waals surface area (Å²) in [6.07, 6.45) is 0.215. The number of hydrogen-bond donors (Lipinski definition) is 1. The summed E-state index contributed by atoms with van der Waals surface area (Å²) >= 11 is 3.38. The van der Waals surface area contributed by atoms with E-state index in [1.165, 1.54) is 0 Å². The van der Waals surface area contributed by atoms with Crippen LogP contribution in [0.1, 0.15) is 13.3 Å². The van der Waals surface area contributed by atoms with Crippen molar-refractivity contribution >= 4 is 39.1 Å². The Labute approximate surface area is 155 Å². The minimum Gasteiger partial charge on any atom is -0.494 e. The summed E-state index contributed by atoms with van der Waals surface area (Å²) in [4.78, 5) is 26.4. The van der Waals surface area contributed by atoms with Gasteiger partial charge in [0.05, 0.1) is 12.5 Å². The predicted octanol–water partition coefficient (Wildman–Crippen LogP) is 3.84. The maximum absolute atomic E-state index is 12.5. The van der Waals surface area contributed by atoms with Crippen molar-refractivity contribution < 1.29 is 14.3 Å². The molecular weight excluding hydrogens is 384 g/mol. The molecule has 0 saturated carbocycles. The molecule has 1 N–H and O–H groups in total. The van der Waals surface area contributed by atoms with Gasteiger partial charge in [-0.1, -0.05) is 22.0 Å². The smallest absolute Gasteiger partial charge is 0.229 e. The number of benzene rings is 2. The van der Waals surface area contributed by atoms with Gasteiger partial charge in [-0.15, -0.1) is 0 Å². The molecule has 0 radical (unpaired) electrons. The highest BCUT2D eigenvalue weighted by atomic mass is 79.9. The summed E-state index contributed by atoms with van der Waals surface area (Å²) in [7, 11) is 0. The molecule has 0 spiro atoms. The SMILES string of the molecule is CCOc1ccc(N2C[C@H](C(=O)Nc3cccc(Br)c3)CC2=O)cc1. The summed E-state index contributed by atoms with van der Waals surface area (Å²) in [5.41, 5.74) is 1.50. The lowest BCUT2D eigenvalue weighted by Crippen LogP contribution is -2.28. The van der Waals surface area contributed by atoms with E-state index in [0.29, 0.717) is 18.8 Å². The van der Waals surface area contributed by atoms with Gasteiger partial charge in [-0.25, -0.2) is 0 Å². The van der Waals surface area contributed by atoms with Gasteiger partial charge in [0, 0.05) is 28.8 Å². The standard InChI is InChI=1S/C19H19BrN2O3/c1-2-25-17-8-6-16(7-9-17)22-12-13(10-18(22)23)19(24)21-15-5-3-4-14(20)11-15/h3-9,11,13H,2,10,12H2,1H3,(H,21,24)/t13-/m1/s1. The monoisotopic (exact) mass is 402 g/mol. The Morgan fingerprint density at radius 3 is 2.72 bits per heavy atom. The molecule has 3 rings (SSSR count). The van der Waals surface area contributed by atoms with E-state index in [1.54, 1.807) is 4.90 Å². The molecular formula is C19H19BrN2O3. The molecule has 2 aromatic carbocycles. The highest BCUT2D eigenvalue weighted by Crippen LogP contribution is 2.28. The van der Waals surface area contributed by atoms with Gasteiger partial charge < -0.3 is 15.0 Å². The number of carbonyl (C=O) groups excluding carboxylic acids is 2. The number of amides is 2. The van der Waals surface area contributed by atoms with Crippen molar-refractivity contribution in [2.75, 3.05) is 23.4 Å².